The molecule has 0 atom stereocenters. The quantitative estimate of drug-likeness (QED) is 0.655. The van der Waals surface area contributed by atoms with Crippen LogP contribution in [0.5, 0.6) is 0 Å². The molecule has 1 saturated carbocycles. The number of aromatic nitrogens is 1. The molecule has 0 spiro atoms. The van der Waals surface area contributed by atoms with E-state index in [4.69, 9.17) is 9.84 Å². The Balaban J connectivity index is 1.75. The third kappa shape index (κ3) is 5.07. The van der Waals surface area contributed by atoms with E-state index in [0.29, 0.717) is 18.9 Å². The molecule has 1 heterocycles. The van der Waals surface area contributed by atoms with Gasteiger partial charge < -0.3 is 9.84 Å². The molecular weight excluding hydrogens is 296 g/mol. The molecule has 0 aromatic carbocycles. The van der Waals surface area contributed by atoms with Crippen molar-refractivity contribution in [3.05, 3.63) is 23.9 Å². The van der Waals surface area contributed by atoms with E-state index in [2.05, 4.69) is 9.71 Å². The van der Waals surface area contributed by atoms with Crippen LogP contribution in [0.25, 0.3) is 0 Å². The first kappa shape index (κ1) is 15.9. The number of carboxylic acids is 1. The fraction of sp³-hybridized carbons (Fsp3) is 0.538. The van der Waals surface area contributed by atoms with Crippen molar-refractivity contribution in [3.63, 3.8) is 0 Å². The monoisotopic (exact) mass is 314 g/mol. The zero-order chi connectivity index (χ0) is 15.3. The second-order valence-corrected chi connectivity index (χ2v) is 6.67. The second kappa shape index (κ2) is 6.97. The first-order valence-electron chi connectivity index (χ1n) is 6.76. The molecule has 1 aliphatic carbocycles. The zero-order valence-corrected chi connectivity index (χ0v) is 12.3. The number of hydrogen-bond donors (Lipinski definition) is 2. The van der Waals surface area contributed by atoms with Crippen molar-refractivity contribution in [3.8, 4) is 0 Å². The minimum Gasteiger partial charge on any atom is -0.478 e. The van der Waals surface area contributed by atoms with Gasteiger partial charge in [-0.05, 0) is 37.3 Å². The number of nitrogens with zero attached hydrogens (tertiary/aromatic N) is 1. The number of aromatic carboxylic acids is 1. The third-order valence-electron chi connectivity index (χ3n) is 3.07. The van der Waals surface area contributed by atoms with Gasteiger partial charge in [0.15, 0.2) is 5.03 Å². The Morgan fingerprint density at radius 3 is 2.76 bits per heavy atom. The van der Waals surface area contributed by atoms with Crippen LogP contribution in [0.15, 0.2) is 23.4 Å². The van der Waals surface area contributed by atoms with E-state index in [1.807, 2.05) is 0 Å². The lowest BCUT2D eigenvalue weighted by molar-refractivity contribution is 0.0696. The summed E-state index contributed by atoms with van der Waals surface area (Å²) in [6.45, 7) is 1.53. The lowest BCUT2D eigenvalue weighted by atomic mass is 10.3. The fourth-order valence-corrected chi connectivity index (χ4v) is 2.65. The van der Waals surface area contributed by atoms with Gasteiger partial charge in [-0.25, -0.2) is 22.9 Å². The molecule has 8 heteroatoms. The molecule has 1 aromatic rings. The molecule has 1 fully saturated rings. The van der Waals surface area contributed by atoms with Gasteiger partial charge in [0, 0.05) is 26.0 Å². The Kier molecular flexibility index (Phi) is 5.27. The van der Waals surface area contributed by atoms with Crippen molar-refractivity contribution >= 4 is 16.0 Å². The first-order valence-corrected chi connectivity index (χ1v) is 8.24. The normalized spacial score (nSPS) is 15.0. The molecule has 7 nitrogen and oxygen atoms in total. The molecule has 21 heavy (non-hydrogen) atoms. The fourth-order valence-electron chi connectivity index (χ4n) is 1.65. The van der Waals surface area contributed by atoms with Crippen LogP contribution in [0, 0.1) is 5.92 Å². The minimum absolute atomic E-state index is 0.0533. The van der Waals surface area contributed by atoms with Crippen LogP contribution in [0.1, 0.15) is 29.6 Å². The molecular formula is C13H18N2O5S. The summed E-state index contributed by atoms with van der Waals surface area (Å²) < 4.78 is 31.6. The van der Waals surface area contributed by atoms with Gasteiger partial charge in [-0.2, -0.15) is 0 Å². The van der Waals surface area contributed by atoms with E-state index in [1.165, 1.54) is 25.0 Å². The summed E-state index contributed by atoms with van der Waals surface area (Å²) in [6, 6.07) is 2.39. The maximum Gasteiger partial charge on any atom is 0.337 e. The van der Waals surface area contributed by atoms with Gasteiger partial charge in [0.05, 0.1) is 5.56 Å². The standard InChI is InChI=1S/C13H18N2O5S/c16-13(17)11-4-5-12(14-8-11)21(18,19)15-6-1-7-20-9-10-2-3-10/h4-5,8,10,15H,1-3,6-7,9H2,(H,16,17). The molecule has 2 rings (SSSR count). The van der Waals surface area contributed by atoms with Crippen molar-refractivity contribution in [2.45, 2.75) is 24.3 Å². The van der Waals surface area contributed by atoms with Gasteiger partial charge in [0.25, 0.3) is 10.0 Å². The zero-order valence-electron chi connectivity index (χ0n) is 11.5. The summed E-state index contributed by atoms with van der Waals surface area (Å²) in [5, 5.41) is 8.54. The number of pyridine rings is 1. The lowest BCUT2D eigenvalue weighted by Gasteiger charge is -2.06. The van der Waals surface area contributed by atoms with Crippen molar-refractivity contribution in [2.24, 2.45) is 5.92 Å². The lowest BCUT2D eigenvalue weighted by Crippen LogP contribution is -2.26. The van der Waals surface area contributed by atoms with E-state index >= 15 is 0 Å². The Labute approximate surface area is 123 Å². The Morgan fingerprint density at radius 1 is 1.43 bits per heavy atom. The maximum absolute atomic E-state index is 11.9. The average Bonchev–Trinajstić information content (AvgIpc) is 3.27. The van der Waals surface area contributed by atoms with Gasteiger partial charge in [-0.15, -0.1) is 0 Å². The van der Waals surface area contributed by atoms with Gasteiger partial charge in [-0.3, -0.25) is 0 Å². The van der Waals surface area contributed by atoms with E-state index in [-0.39, 0.29) is 17.1 Å². The first-order chi connectivity index (χ1) is 9.99. The van der Waals surface area contributed by atoms with Crippen LogP contribution in [0.4, 0.5) is 0 Å². The number of sulfonamides is 1. The number of nitrogens with one attached hydrogen (secondary N) is 1. The van der Waals surface area contributed by atoms with Crippen molar-refractivity contribution < 1.29 is 23.1 Å². The summed E-state index contributed by atoms with van der Waals surface area (Å²) >= 11 is 0. The Morgan fingerprint density at radius 2 is 2.19 bits per heavy atom. The largest absolute Gasteiger partial charge is 0.478 e. The molecule has 0 aliphatic heterocycles. The second-order valence-electron chi connectivity index (χ2n) is 4.96. The third-order valence-corrected chi connectivity index (χ3v) is 4.44. The van der Waals surface area contributed by atoms with Crippen LogP contribution >= 0.6 is 0 Å². The molecule has 2 N–H and O–H groups in total. The van der Waals surface area contributed by atoms with E-state index in [1.54, 1.807) is 0 Å². The van der Waals surface area contributed by atoms with Crippen LogP contribution in [-0.2, 0) is 14.8 Å². The van der Waals surface area contributed by atoms with Crippen LogP contribution < -0.4 is 4.72 Å². The summed E-state index contributed by atoms with van der Waals surface area (Å²) in [5.41, 5.74) is -0.0533. The van der Waals surface area contributed by atoms with Crippen LogP contribution in [0.3, 0.4) is 0 Å². The Bertz CT molecular complexity index is 581. The predicted octanol–water partition coefficient (Wildman–Crippen LogP) is 0.875. The molecule has 1 aliphatic rings. The highest BCUT2D eigenvalue weighted by atomic mass is 32.2. The SMILES string of the molecule is O=C(O)c1ccc(S(=O)(=O)NCCCOCC2CC2)nc1. The highest BCUT2D eigenvalue weighted by Crippen LogP contribution is 2.28. The van der Waals surface area contributed by atoms with Crippen LogP contribution in [-0.4, -0.2) is 44.2 Å². The number of ether oxygens (including phenoxy) is 1. The van der Waals surface area contributed by atoms with Gasteiger partial charge in [0.1, 0.15) is 0 Å². The van der Waals surface area contributed by atoms with E-state index in [9.17, 15) is 13.2 Å². The van der Waals surface area contributed by atoms with Gasteiger partial charge in [0.2, 0.25) is 0 Å². The smallest absolute Gasteiger partial charge is 0.337 e. The predicted molar refractivity (Wildman–Crippen MR) is 74.5 cm³/mol. The Hall–Kier alpha value is -1.51. The number of hydrogen-bond acceptors (Lipinski definition) is 5. The molecule has 1 aromatic heterocycles. The summed E-state index contributed by atoms with van der Waals surface area (Å²) in [7, 11) is -3.70. The van der Waals surface area contributed by atoms with Crippen LogP contribution in [0.2, 0.25) is 0 Å². The number of carbonyl (C=O) groups is 1. The topological polar surface area (TPSA) is 106 Å². The van der Waals surface area contributed by atoms with E-state index < -0.39 is 16.0 Å². The highest BCUT2D eigenvalue weighted by Gasteiger charge is 2.21. The summed E-state index contributed by atoms with van der Waals surface area (Å²) in [4.78, 5) is 14.3. The summed E-state index contributed by atoms with van der Waals surface area (Å²) in [5.74, 6) is -0.453. The van der Waals surface area contributed by atoms with Crippen molar-refractivity contribution in [1.29, 1.82) is 0 Å². The minimum atomic E-state index is -3.70. The van der Waals surface area contributed by atoms with Gasteiger partial charge in [-0.1, -0.05) is 0 Å². The summed E-state index contributed by atoms with van der Waals surface area (Å²) in [6.07, 6.45) is 4.06. The molecule has 0 amide bonds. The molecule has 0 saturated heterocycles. The maximum atomic E-state index is 11.9. The van der Waals surface area contributed by atoms with Crippen molar-refractivity contribution in [2.75, 3.05) is 19.8 Å². The van der Waals surface area contributed by atoms with Gasteiger partial charge >= 0.3 is 5.97 Å². The highest BCUT2D eigenvalue weighted by molar-refractivity contribution is 7.89. The molecule has 0 bridgehead atoms. The molecule has 0 unspecified atom stereocenters. The van der Waals surface area contributed by atoms with E-state index in [0.717, 1.165) is 12.8 Å². The van der Waals surface area contributed by atoms with Crippen molar-refractivity contribution in [1.82, 2.24) is 9.71 Å². The molecule has 116 valence electrons. The molecule has 0 radical (unpaired) electrons. The number of rotatable bonds is 9. The average molecular weight is 314 g/mol. The number of carboxylic acid groups (broad SMARTS) is 1.